The van der Waals surface area contributed by atoms with Crippen LogP contribution in [0.4, 0.5) is 5.82 Å². The minimum absolute atomic E-state index is 0.0863. The maximum Gasteiger partial charge on any atom is 0.240 e. The molecule has 1 aliphatic heterocycles. The molecule has 0 atom stereocenters. The van der Waals surface area contributed by atoms with Crippen LogP contribution in [-0.4, -0.2) is 56.4 Å². The second-order valence-corrected chi connectivity index (χ2v) is 9.89. The number of rotatable bonds is 7. The lowest BCUT2D eigenvalue weighted by atomic mass is 10.1. The molecule has 0 radical (unpaired) electrons. The number of carbonyl (C=O) groups excluding carboxylic acids is 1. The number of amides is 1. The third-order valence-corrected chi connectivity index (χ3v) is 7.19. The van der Waals surface area contributed by atoms with E-state index in [1.165, 1.54) is 0 Å². The molecule has 0 bridgehead atoms. The number of piperazine rings is 1. The molecule has 2 heterocycles. The van der Waals surface area contributed by atoms with E-state index in [1.807, 2.05) is 17.0 Å². The van der Waals surface area contributed by atoms with Crippen molar-refractivity contribution in [2.24, 2.45) is 0 Å². The molecule has 1 amide bonds. The van der Waals surface area contributed by atoms with Crippen LogP contribution in [0.5, 0.6) is 0 Å². The number of aryl methyl sites for hydroxylation is 1. The van der Waals surface area contributed by atoms with Crippen molar-refractivity contribution in [1.82, 2.24) is 14.6 Å². The molecule has 7 nitrogen and oxygen atoms in total. The van der Waals surface area contributed by atoms with E-state index in [4.69, 9.17) is 11.6 Å². The van der Waals surface area contributed by atoms with Crippen LogP contribution in [-0.2, 0) is 21.2 Å². The second kappa shape index (κ2) is 8.91. The molecule has 2 fully saturated rings. The maximum absolute atomic E-state index is 12.6. The van der Waals surface area contributed by atoms with Gasteiger partial charge in [0.15, 0.2) is 0 Å². The molecule has 4 rings (SSSR count). The number of nitrogens with one attached hydrogen (secondary N) is 1. The minimum Gasteiger partial charge on any atom is -0.353 e. The van der Waals surface area contributed by atoms with Gasteiger partial charge >= 0.3 is 0 Å². The Morgan fingerprint density at radius 2 is 1.77 bits per heavy atom. The predicted octanol–water partition coefficient (Wildman–Crippen LogP) is 2.46. The zero-order valence-electron chi connectivity index (χ0n) is 16.6. The Morgan fingerprint density at radius 3 is 2.37 bits per heavy atom. The van der Waals surface area contributed by atoms with E-state index in [1.54, 1.807) is 30.5 Å². The first kappa shape index (κ1) is 21.1. The maximum atomic E-state index is 12.6. The van der Waals surface area contributed by atoms with Crippen molar-refractivity contribution in [2.75, 3.05) is 31.1 Å². The zero-order valence-corrected chi connectivity index (χ0v) is 18.2. The fourth-order valence-electron chi connectivity index (χ4n) is 3.47. The molecule has 1 saturated heterocycles. The highest BCUT2D eigenvalue weighted by Gasteiger charge is 2.28. The molecule has 0 unspecified atom stereocenters. The molecule has 1 aromatic heterocycles. The largest absolute Gasteiger partial charge is 0.353 e. The monoisotopic (exact) mass is 448 g/mol. The molecule has 2 aromatic rings. The molecule has 1 aromatic carbocycles. The van der Waals surface area contributed by atoms with E-state index in [2.05, 4.69) is 14.6 Å². The van der Waals surface area contributed by atoms with Crippen molar-refractivity contribution < 1.29 is 13.2 Å². The third kappa shape index (κ3) is 5.30. The van der Waals surface area contributed by atoms with Gasteiger partial charge in [0.1, 0.15) is 5.82 Å². The van der Waals surface area contributed by atoms with Gasteiger partial charge in [0, 0.05) is 44.8 Å². The zero-order chi connectivity index (χ0) is 21.1. The van der Waals surface area contributed by atoms with Gasteiger partial charge in [-0.2, -0.15) is 0 Å². The van der Waals surface area contributed by atoms with Crippen LogP contribution >= 0.6 is 11.6 Å². The van der Waals surface area contributed by atoms with Gasteiger partial charge < -0.3 is 9.80 Å². The Bertz CT molecular complexity index is 984. The molecular weight excluding hydrogens is 424 g/mol. The lowest BCUT2D eigenvalue weighted by Crippen LogP contribution is -2.49. The number of carbonyl (C=O) groups is 1. The molecule has 160 valence electrons. The Kier molecular flexibility index (Phi) is 6.26. The number of hydrogen-bond donors (Lipinski definition) is 1. The van der Waals surface area contributed by atoms with E-state index in [0.29, 0.717) is 31.0 Å². The SMILES string of the molecule is O=C(CCc1ccc(S(=O)(=O)NC2CC2)cc1)N1CCN(c2ccc(Cl)cn2)CC1. The second-order valence-electron chi connectivity index (χ2n) is 7.74. The summed E-state index contributed by atoms with van der Waals surface area (Å²) in [7, 11) is -3.44. The summed E-state index contributed by atoms with van der Waals surface area (Å²) in [5.41, 5.74) is 0.956. The van der Waals surface area contributed by atoms with Gasteiger partial charge in [-0.05, 0) is 49.1 Å². The summed E-state index contributed by atoms with van der Waals surface area (Å²) < 4.78 is 27.1. The molecule has 1 aliphatic carbocycles. The first-order chi connectivity index (χ1) is 14.4. The van der Waals surface area contributed by atoms with Crippen LogP contribution < -0.4 is 9.62 Å². The average molecular weight is 449 g/mol. The highest BCUT2D eigenvalue weighted by molar-refractivity contribution is 7.89. The van der Waals surface area contributed by atoms with Crippen molar-refractivity contribution >= 4 is 33.3 Å². The standard InChI is InChI=1S/C21H25ClN4O3S/c22-17-4-9-20(23-15-17)25-11-13-26(14-12-25)21(27)10-3-16-1-7-19(8-2-16)30(28,29)24-18-5-6-18/h1-2,4,7-9,15,18,24H,3,5-6,10-14H2. The van der Waals surface area contributed by atoms with Crippen molar-refractivity contribution in [1.29, 1.82) is 0 Å². The Morgan fingerprint density at radius 1 is 1.07 bits per heavy atom. The van der Waals surface area contributed by atoms with Gasteiger partial charge in [-0.25, -0.2) is 18.1 Å². The predicted molar refractivity (Wildman–Crippen MR) is 116 cm³/mol. The third-order valence-electron chi connectivity index (χ3n) is 5.43. The van der Waals surface area contributed by atoms with Gasteiger partial charge in [0.25, 0.3) is 0 Å². The van der Waals surface area contributed by atoms with Crippen molar-refractivity contribution in [3.05, 3.63) is 53.2 Å². The lowest BCUT2D eigenvalue weighted by molar-refractivity contribution is -0.131. The lowest BCUT2D eigenvalue weighted by Gasteiger charge is -2.35. The van der Waals surface area contributed by atoms with Gasteiger partial charge in [-0.15, -0.1) is 0 Å². The van der Waals surface area contributed by atoms with Crippen molar-refractivity contribution in [3.63, 3.8) is 0 Å². The summed E-state index contributed by atoms with van der Waals surface area (Å²) >= 11 is 5.89. The molecule has 9 heteroatoms. The van der Waals surface area contributed by atoms with Crippen LogP contribution in [0.25, 0.3) is 0 Å². The van der Waals surface area contributed by atoms with Gasteiger partial charge in [-0.1, -0.05) is 23.7 Å². The quantitative estimate of drug-likeness (QED) is 0.703. The topological polar surface area (TPSA) is 82.6 Å². The number of hydrogen-bond acceptors (Lipinski definition) is 5. The number of sulfonamides is 1. The van der Waals surface area contributed by atoms with Crippen molar-refractivity contribution in [3.8, 4) is 0 Å². The first-order valence-corrected chi connectivity index (χ1v) is 12.0. The highest BCUT2D eigenvalue weighted by atomic mass is 35.5. The Hall–Kier alpha value is -2.16. The van der Waals surface area contributed by atoms with Crippen LogP contribution in [0.3, 0.4) is 0 Å². The summed E-state index contributed by atoms with van der Waals surface area (Å²) in [6.45, 7) is 2.79. The fourth-order valence-corrected chi connectivity index (χ4v) is 4.89. The Labute approximate surface area is 182 Å². The Balaban J connectivity index is 1.25. The van der Waals surface area contributed by atoms with Crippen molar-refractivity contribution in [2.45, 2.75) is 36.6 Å². The summed E-state index contributed by atoms with van der Waals surface area (Å²) in [6.07, 6.45) is 4.44. The van der Waals surface area contributed by atoms with E-state index in [0.717, 1.165) is 37.3 Å². The van der Waals surface area contributed by atoms with E-state index in [-0.39, 0.29) is 16.8 Å². The summed E-state index contributed by atoms with van der Waals surface area (Å²) in [5, 5.41) is 0.609. The molecule has 1 saturated carbocycles. The average Bonchev–Trinajstić information content (AvgIpc) is 3.56. The summed E-state index contributed by atoms with van der Waals surface area (Å²) in [6, 6.07) is 10.6. The summed E-state index contributed by atoms with van der Waals surface area (Å²) in [4.78, 5) is 21.2. The number of aromatic nitrogens is 1. The highest BCUT2D eigenvalue weighted by Crippen LogP contribution is 2.22. The van der Waals surface area contributed by atoms with Crippen LogP contribution in [0.2, 0.25) is 5.02 Å². The number of nitrogens with zero attached hydrogens (tertiary/aromatic N) is 3. The molecule has 1 N–H and O–H groups in total. The van der Waals surface area contributed by atoms with E-state index < -0.39 is 10.0 Å². The smallest absolute Gasteiger partial charge is 0.240 e. The fraction of sp³-hybridized carbons (Fsp3) is 0.429. The normalized spacial score (nSPS) is 17.2. The number of halogens is 1. The van der Waals surface area contributed by atoms with Gasteiger partial charge in [0.05, 0.1) is 9.92 Å². The van der Waals surface area contributed by atoms with Gasteiger partial charge in [-0.3, -0.25) is 4.79 Å². The molecule has 30 heavy (non-hydrogen) atoms. The van der Waals surface area contributed by atoms with Crippen LogP contribution in [0.1, 0.15) is 24.8 Å². The minimum atomic E-state index is -3.44. The first-order valence-electron chi connectivity index (χ1n) is 10.2. The molecular formula is C21H25ClN4O3S. The van der Waals surface area contributed by atoms with Crippen LogP contribution in [0, 0.1) is 0 Å². The summed E-state index contributed by atoms with van der Waals surface area (Å²) in [5.74, 6) is 0.989. The van der Waals surface area contributed by atoms with E-state index >= 15 is 0 Å². The number of benzene rings is 1. The number of anilines is 1. The van der Waals surface area contributed by atoms with Gasteiger partial charge in [0.2, 0.25) is 15.9 Å². The molecule has 0 spiro atoms. The van der Waals surface area contributed by atoms with E-state index in [9.17, 15) is 13.2 Å². The van der Waals surface area contributed by atoms with Crippen LogP contribution in [0.15, 0.2) is 47.5 Å². The number of pyridine rings is 1. The molecule has 2 aliphatic rings.